The van der Waals surface area contributed by atoms with E-state index in [1.165, 1.54) is 35.6 Å². The maximum Gasteiger partial charge on any atom is 0.335 e. The Morgan fingerprint density at radius 2 is 1.93 bits per heavy atom. The van der Waals surface area contributed by atoms with Crippen molar-refractivity contribution >= 4 is 28.3 Å². The number of imidazole rings is 1. The molecule has 6 aromatic rings. The lowest BCUT2D eigenvalue weighted by Gasteiger charge is -2.27. The number of hydrogen-bond donors (Lipinski definition) is 1. The number of pyridine rings is 1. The Kier molecular flexibility index (Phi) is 7.79. The van der Waals surface area contributed by atoms with Gasteiger partial charge < -0.3 is 19.1 Å². The summed E-state index contributed by atoms with van der Waals surface area (Å²) < 4.78 is 60.5. The van der Waals surface area contributed by atoms with Crippen LogP contribution in [0.1, 0.15) is 33.0 Å². The minimum atomic E-state index is -1.07. The summed E-state index contributed by atoms with van der Waals surface area (Å²) >= 11 is 1.23. The molecule has 0 spiro atoms. The quantitative estimate of drug-likeness (QED) is 0.178. The van der Waals surface area contributed by atoms with Crippen LogP contribution in [0.25, 0.3) is 32.7 Å². The molecule has 1 aliphatic rings. The number of halogens is 3. The Morgan fingerprint density at radius 3 is 2.67 bits per heavy atom. The number of ether oxygens (including phenoxy) is 2. The first-order chi connectivity index (χ1) is 22.2. The van der Waals surface area contributed by atoms with E-state index in [4.69, 9.17) is 9.47 Å². The fraction of sp³-hybridized carbons (Fsp3) is 0.212. The monoisotopic (exact) mass is 645 g/mol. The summed E-state index contributed by atoms with van der Waals surface area (Å²) in [6.45, 7) is 0.949. The zero-order chi connectivity index (χ0) is 31.9. The van der Waals surface area contributed by atoms with Crippen molar-refractivity contribution < 1.29 is 32.5 Å². The summed E-state index contributed by atoms with van der Waals surface area (Å²) in [7, 11) is 1.78. The van der Waals surface area contributed by atoms with Crippen LogP contribution in [0.4, 0.5) is 13.2 Å². The summed E-state index contributed by atoms with van der Waals surface area (Å²) in [5.41, 5.74) is 2.19. The average molecular weight is 646 g/mol. The first-order valence-corrected chi connectivity index (χ1v) is 15.2. The lowest BCUT2D eigenvalue weighted by molar-refractivity contribution is -0.0589. The second kappa shape index (κ2) is 12.1. The van der Waals surface area contributed by atoms with Crippen molar-refractivity contribution in [2.24, 2.45) is 7.05 Å². The maximum atomic E-state index is 15.5. The van der Waals surface area contributed by atoms with Crippen LogP contribution in [0.5, 0.6) is 5.88 Å². The number of aromatic carboxylic acids is 1. The van der Waals surface area contributed by atoms with E-state index >= 15 is 8.78 Å². The molecule has 0 radical (unpaired) electrons. The number of aromatic nitrogens is 5. The number of aryl methyl sites for hydroxylation is 1. The Hall–Kier alpha value is -5.01. The highest BCUT2D eigenvalue weighted by Gasteiger charge is 2.24. The normalized spacial score (nSPS) is 14.5. The van der Waals surface area contributed by atoms with E-state index in [2.05, 4.69) is 15.1 Å². The minimum Gasteiger partial charge on any atom is -0.478 e. The highest BCUT2D eigenvalue weighted by atomic mass is 32.1. The third-order valence-corrected chi connectivity index (χ3v) is 8.97. The molecular weight excluding hydrogens is 619 g/mol. The summed E-state index contributed by atoms with van der Waals surface area (Å²) in [6, 6.07) is 12.9. The molecule has 5 heterocycles. The van der Waals surface area contributed by atoms with Crippen LogP contribution < -0.4 is 4.74 Å². The van der Waals surface area contributed by atoms with Gasteiger partial charge in [-0.1, -0.05) is 6.07 Å². The van der Waals surface area contributed by atoms with Gasteiger partial charge in [0.05, 0.1) is 46.0 Å². The molecule has 1 unspecified atom stereocenters. The number of carboxylic acid groups (broad SMARTS) is 1. The van der Waals surface area contributed by atoms with E-state index in [1.54, 1.807) is 42.3 Å². The molecule has 0 aliphatic carbocycles. The fourth-order valence-corrected chi connectivity index (χ4v) is 6.27. The molecule has 0 bridgehead atoms. The van der Waals surface area contributed by atoms with E-state index in [1.807, 2.05) is 4.57 Å². The van der Waals surface area contributed by atoms with E-state index in [0.717, 1.165) is 24.1 Å². The third kappa shape index (κ3) is 5.86. The van der Waals surface area contributed by atoms with Gasteiger partial charge >= 0.3 is 5.97 Å². The van der Waals surface area contributed by atoms with E-state index in [9.17, 15) is 14.3 Å². The van der Waals surface area contributed by atoms with Crippen LogP contribution >= 0.6 is 11.3 Å². The van der Waals surface area contributed by atoms with Crippen LogP contribution in [0.3, 0.4) is 0 Å². The van der Waals surface area contributed by atoms with Gasteiger partial charge in [0.25, 0.3) is 0 Å². The highest BCUT2D eigenvalue weighted by Crippen LogP contribution is 2.32. The Balaban J connectivity index is 1.12. The number of thiophene rings is 1. The van der Waals surface area contributed by atoms with Crippen molar-refractivity contribution in [3.63, 3.8) is 0 Å². The van der Waals surface area contributed by atoms with Gasteiger partial charge in [-0.25, -0.2) is 27.9 Å². The number of hydrogen-bond acceptors (Lipinski definition) is 7. The number of carbonyl (C=O) groups is 1. The van der Waals surface area contributed by atoms with Crippen LogP contribution in [-0.4, -0.2) is 48.1 Å². The molecule has 0 saturated carbocycles. The molecule has 1 saturated heterocycles. The molecule has 1 fully saturated rings. The molecule has 234 valence electrons. The van der Waals surface area contributed by atoms with Gasteiger partial charge in [0.1, 0.15) is 29.9 Å². The number of carboxylic acids is 1. The summed E-state index contributed by atoms with van der Waals surface area (Å²) in [6.07, 6.45) is 4.17. The predicted molar refractivity (Wildman–Crippen MR) is 164 cm³/mol. The van der Waals surface area contributed by atoms with E-state index in [-0.39, 0.29) is 47.4 Å². The number of fused-ring (bicyclic) bond motifs is 1. The Labute approximate surface area is 264 Å². The lowest BCUT2D eigenvalue weighted by atomic mass is 10.0. The van der Waals surface area contributed by atoms with Crippen molar-refractivity contribution in [1.82, 2.24) is 24.3 Å². The minimum absolute atomic E-state index is 0.0309. The molecule has 1 aliphatic heterocycles. The van der Waals surface area contributed by atoms with Gasteiger partial charge in [0, 0.05) is 48.3 Å². The van der Waals surface area contributed by atoms with E-state index < -0.39 is 23.4 Å². The van der Waals surface area contributed by atoms with Gasteiger partial charge in [-0.05, 0) is 54.4 Å². The highest BCUT2D eigenvalue weighted by molar-refractivity contribution is 7.15. The molecule has 1 N–H and O–H groups in total. The van der Waals surface area contributed by atoms with Crippen molar-refractivity contribution in [3.05, 3.63) is 106 Å². The summed E-state index contributed by atoms with van der Waals surface area (Å²) in [5.74, 6) is -2.25. The van der Waals surface area contributed by atoms with Crippen molar-refractivity contribution in [1.29, 1.82) is 0 Å². The second-order valence-electron chi connectivity index (χ2n) is 11.0. The first-order valence-electron chi connectivity index (χ1n) is 14.4. The first kappa shape index (κ1) is 29.7. The maximum absolute atomic E-state index is 15.5. The van der Waals surface area contributed by atoms with Crippen molar-refractivity contribution in [2.75, 3.05) is 6.61 Å². The van der Waals surface area contributed by atoms with Gasteiger partial charge in [-0.3, -0.25) is 4.68 Å². The standard InChI is InChI=1S/C33H26F3N5O4S/c1-40-15-20(14-37-40)29-13-25(36)30(46-29)17-45-32-4-2-3-26(39-32)22-12-23(34)19(9-24(22)35)11-31-38-27-6-5-18(33(42)43)10-28(27)41(31)16-21-7-8-44-21/h2-6,9-10,12-15,21H,7-8,11,16-17H2,1H3,(H,42,43). The largest absolute Gasteiger partial charge is 0.478 e. The number of nitrogens with zero attached hydrogens (tertiary/aromatic N) is 5. The van der Waals surface area contributed by atoms with E-state index in [0.29, 0.717) is 39.8 Å². The predicted octanol–water partition coefficient (Wildman–Crippen LogP) is 6.63. The molecular formula is C33H26F3N5O4S. The summed E-state index contributed by atoms with van der Waals surface area (Å²) in [4.78, 5) is 21.6. The zero-order valence-electron chi connectivity index (χ0n) is 24.4. The molecule has 0 amide bonds. The van der Waals surface area contributed by atoms with Gasteiger partial charge in [0.15, 0.2) is 0 Å². The SMILES string of the molecule is Cn1cc(-c2cc(F)c(COc3cccc(-c4cc(F)c(Cc5nc6ccc(C(=O)O)cc6n5CC5CCO5)cc4F)n3)s2)cn1. The smallest absolute Gasteiger partial charge is 0.335 e. The molecule has 46 heavy (non-hydrogen) atoms. The molecule has 4 aromatic heterocycles. The molecule has 1 atom stereocenters. The van der Waals surface area contributed by atoms with Crippen LogP contribution in [-0.2, 0) is 31.4 Å². The molecule has 13 heteroatoms. The summed E-state index contributed by atoms with van der Waals surface area (Å²) in [5, 5.41) is 13.6. The third-order valence-electron chi connectivity index (χ3n) is 7.84. The second-order valence-corrected chi connectivity index (χ2v) is 12.1. The lowest BCUT2D eigenvalue weighted by Crippen LogP contribution is -2.31. The van der Waals surface area contributed by atoms with Crippen LogP contribution in [0.2, 0.25) is 0 Å². The van der Waals surface area contributed by atoms with Crippen molar-refractivity contribution in [2.45, 2.75) is 32.1 Å². The van der Waals surface area contributed by atoms with Gasteiger partial charge in [-0.15, -0.1) is 11.3 Å². The van der Waals surface area contributed by atoms with Gasteiger partial charge in [-0.2, -0.15) is 5.10 Å². The fourth-order valence-electron chi connectivity index (χ4n) is 5.35. The van der Waals surface area contributed by atoms with Crippen LogP contribution in [0, 0.1) is 17.5 Å². The van der Waals surface area contributed by atoms with Gasteiger partial charge in [0.2, 0.25) is 5.88 Å². The molecule has 7 rings (SSSR count). The molecule has 2 aromatic carbocycles. The topological polar surface area (TPSA) is 104 Å². The Morgan fingerprint density at radius 1 is 1.09 bits per heavy atom. The van der Waals surface area contributed by atoms with Crippen molar-refractivity contribution in [3.8, 4) is 27.6 Å². The average Bonchev–Trinajstić information content (AvgIpc) is 3.71. The molecule has 9 nitrogen and oxygen atoms in total. The number of benzene rings is 2. The Bertz CT molecular complexity index is 2100. The van der Waals surface area contributed by atoms with Crippen LogP contribution in [0.15, 0.2) is 67.0 Å². The number of rotatable bonds is 10. The zero-order valence-corrected chi connectivity index (χ0v) is 25.2.